The van der Waals surface area contributed by atoms with Crippen LogP contribution in [0.1, 0.15) is 39.5 Å². The minimum absolute atomic E-state index is 0.0568. The van der Waals surface area contributed by atoms with E-state index < -0.39 is 0 Å². The Bertz CT molecular complexity index is 707. The van der Waals surface area contributed by atoms with Gasteiger partial charge in [-0.2, -0.15) is 0 Å². The lowest BCUT2D eigenvalue weighted by Gasteiger charge is -2.16. The molecule has 0 spiro atoms. The molecule has 2 aromatic carbocycles. The van der Waals surface area contributed by atoms with Crippen molar-refractivity contribution in [1.29, 1.82) is 0 Å². The number of nitrogens with one attached hydrogen (secondary N) is 1. The molecule has 1 amide bonds. The number of hydrogen-bond donors (Lipinski definition) is 1. The molecule has 122 valence electrons. The second kappa shape index (κ2) is 7.32. The lowest BCUT2D eigenvalue weighted by Crippen LogP contribution is -2.37. The number of hydrogen-bond acceptors (Lipinski definition) is 2. The molecule has 0 bridgehead atoms. The highest BCUT2D eigenvalue weighted by Crippen LogP contribution is 2.16. The average Bonchev–Trinajstić information content (AvgIpc) is 2.48. The molecule has 2 aromatic rings. The summed E-state index contributed by atoms with van der Waals surface area (Å²) >= 11 is 0. The summed E-state index contributed by atoms with van der Waals surface area (Å²) in [5.74, 6) is 0.777. The quantitative estimate of drug-likeness (QED) is 0.902. The molecule has 0 aliphatic rings. The standard InChI is InChI=1S/C20H25NO2/c1-13-6-9-19(16(4)10-13)20(22)21-17(5)12-23-18-8-7-14(2)15(3)11-18/h6-11,17H,12H2,1-5H3,(H,21,22)/t17-/m0/s1. The molecule has 1 N–H and O–H groups in total. The van der Waals surface area contributed by atoms with Crippen LogP contribution in [-0.2, 0) is 0 Å². The first-order valence-electron chi connectivity index (χ1n) is 7.95. The average molecular weight is 311 g/mol. The monoisotopic (exact) mass is 311 g/mol. The van der Waals surface area contributed by atoms with Crippen molar-refractivity contribution in [3.63, 3.8) is 0 Å². The van der Waals surface area contributed by atoms with Crippen molar-refractivity contribution >= 4 is 5.91 Å². The van der Waals surface area contributed by atoms with Gasteiger partial charge in [0.1, 0.15) is 12.4 Å². The van der Waals surface area contributed by atoms with Crippen molar-refractivity contribution in [2.24, 2.45) is 0 Å². The molecule has 0 saturated carbocycles. The van der Waals surface area contributed by atoms with Crippen LogP contribution in [0.3, 0.4) is 0 Å². The van der Waals surface area contributed by atoms with E-state index in [0.29, 0.717) is 12.2 Å². The lowest BCUT2D eigenvalue weighted by atomic mass is 10.1. The van der Waals surface area contributed by atoms with Crippen LogP contribution in [-0.4, -0.2) is 18.6 Å². The molecule has 0 aliphatic carbocycles. The zero-order valence-corrected chi connectivity index (χ0v) is 14.6. The van der Waals surface area contributed by atoms with E-state index >= 15 is 0 Å². The molecule has 0 unspecified atom stereocenters. The van der Waals surface area contributed by atoms with Crippen molar-refractivity contribution in [2.45, 2.75) is 40.7 Å². The van der Waals surface area contributed by atoms with Crippen LogP contribution in [0.2, 0.25) is 0 Å². The van der Waals surface area contributed by atoms with Gasteiger partial charge in [-0.1, -0.05) is 23.8 Å². The van der Waals surface area contributed by atoms with E-state index in [1.165, 1.54) is 11.1 Å². The first kappa shape index (κ1) is 17.1. The predicted molar refractivity (Wildman–Crippen MR) is 94.3 cm³/mol. The zero-order valence-electron chi connectivity index (χ0n) is 14.6. The molecule has 3 nitrogen and oxygen atoms in total. The Labute approximate surface area is 138 Å². The molecule has 0 radical (unpaired) electrons. The molecular formula is C20H25NO2. The highest BCUT2D eigenvalue weighted by Gasteiger charge is 2.12. The van der Waals surface area contributed by atoms with Crippen LogP contribution in [0.15, 0.2) is 36.4 Å². The van der Waals surface area contributed by atoms with Gasteiger partial charge in [0.2, 0.25) is 0 Å². The van der Waals surface area contributed by atoms with E-state index in [1.807, 2.05) is 57.2 Å². The number of amides is 1. The molecule has 23 heavy (non-hydrogen) atoms. The number of carbonyl (C=O) groups is 1. The molecular weight excluding hydrogens is 286 g/mol. The molecule has 0 heterocycles. The molecule has 0 fully saturated rings. The van der Waals surface area contributed by atoms with Crippen LogP contribution in [0.5, 0.6) is 5.75 Å². The van der Waals surface area contributed by atoms with Gasteiger partial charge in [-0.25, -0.2) is 0 Å². The first-order chi connectivity index (χ1) is 10.9. The Hall–Kier alpha value is -2.29. The summed E-state index contributed by atoms with van der Waals surface area (Å²) in [6.45, 7) is 10.5. The number of aryl methyl sites for hydroxylation is 4. The van der Waals surface area contributed by atoms with E-state index in [0.717, 1.165) is 16.9 Å². The third kappa shape index (κ3) is 4.59. The maximum absolute atomic E-state index is 12.3. The molecule has 1 atom stereocenters. The van der Waals surface area contributed by atoms with E-state index in [-0.39, 0.29) is 11.9 Å². The van der Waals surface area contributed by atoms with Crippen molar-refractivity contribution in [1.82, 2.24) is 5.32 Å². The fourth-order valence-electron chi connectivity index (χ4n) is 2.44. The van der Waals surface area contributed by atoms with Crippen molar-refractivity contribution in [3.05, 3.63) is 64.2 Å². The maximum Gasteiger partial charge on any atom is 0.251 e. The Balaban J connectivity index is 1.92. The number of rotatable bonds is 5. The van der Waals surface area contributed by atoms with Crippen LogP contribution in [0, 0.1) is 27.7 Å². The summed E-state index contributed by atoms with van der Waals surface area (Å²) in [6.07, 6.45) is 0. The number of carbonyl (C=O) groups excluding carboxylic acids is 1. The normalized spacial score (nSPS) is 11.9. The van der Waals surface area contributed by atoms with Crippen LogP contribution >= 0.6 is 0 Å². The van der Waals surface area contributed by atoms with E-state index in [9.17, 15) is 4.79 Å². The van der Waals surface area contributed by atoms with Gasteiger partial charge in [0.25, 0.3) is 5.91 Å². The summed E-state index contributed by atoms with van der Waals surface area (Å²) in [6, 6.07) is 11.8. The van der Waals surface area contributed by atoms with Gasteiger partial charge < -0.3 is 10.1 Å². The van der Waals surface area contributed by atoms with E-state index in [1.54, 1.807) is 0 Å². The van der Waals surface area contributed by atoms with Gasteiger partial charge in [-0.3, -0.25) is 4.79 Å². The van der Waals surface area contributed by atoms with Crippen molar-refractivity contribution in [2.75, 3.05) is 6.61 Å². The summed E-state index contributed by atoms with van der Waals surface area (Å²) in [7, 11) is 0. The summed E-state index contributed by atoms with van der Waals surface area (Å²) in [5, 5.41) is 2.99. The SMILES string of the molecule is Cc1ccc(C(=O)N[C@@H](C)COc2ccc(C)c(C)c2)c(C)c1. The molecule has 0 aromatic heterocycles. The second-order valence-electron chi connectivity index (χ2n) is 6.25. The largest absolute Gasteiger partial charge is 0.491 e. The van der Waals surface area contributed by atoms with E-state index in [4.69, 9.17) is 4.74 Å². The van der Waals surface area contributed by atoms with Crippen LogP contribution in [0.4, 0.5) is 0 Å². The first-order valence-corrected chi connectivity index (χ1v) is 7.95. The molecule has 0 saturated heterocycles. The maximum atomic E-state index is 12.3. The fourth-order valence-corrected chi connectivity index (χ4v) is 2.44. The number of benzene rings is 2. The van der Waals surface area contributed by atoms with Gasteiger partial charge in [-0.05, 0) is 69.5 Å². The Kier molecular flexibility index (Phi) is 5.43. The summed E-state index contributed by atoms with van der Waals surface area (Å²) < 4.78 is 5.78. The summed E-state index contributed by atoms with van der Waals surface area (Å²) in [5.41, 5.74) is 5.31. The van der Waals surface area contributed by atoms with Gasteiger partial charge in [0.05, 0.1) is 6.04 Å². The Morgan fingerprint density at radius 1 is 1.00 bits per heavy atom. The van der Waals surface area contributed by atoms with Gasteiger partial charge in [-0.15, -0.1) is 0 Å². The summed E-state index contributed by atoms with van der Waals surface area (Å²) in [4.78, 5) is 12.3. The third-order valence-electron chi connectivity index (χ3n) is 3.98. The lowest BCUT2D eigenvalue weighted by molar-refractivity contribution is 0.0926. The van der Waals surface area contributed by atoms with Gasteiger partial charge >= 0.3 is 0 Å². The molecule has 3 heteroatoms. The van der Waals surface area contributed by atoms with Crippen LogP contribution in [0.25, 0.3) is 0 Å². The van der Waals surface area contributed by atoms with Crippen molar-refractivity contribution < 1.29 is 9.53 Å². The molecule has 0 aliphatic heterocycles. The predicted octanol–water partition coefficient (Wildman–Crippen LogP) is 4.12. The Morgan fingerprint density at radius 3 is 2.39 bits per heavy atom. The molecule has 2 rings (SSSR count). The van der Waals surface area contributed by atoms with Gasteiger partial charge in [0.15, 0.2) is 0 Å². The van der Waals surface area contributed by atoms with Gasteiger partial charge in [0, 0.05) is 5.56 Å². The smallest absolute Gasteiger partial charge is 0.251 e. The topological polar surface area (TPSA) is 38.3 Å². The van der Waals surface area contributed by atoms with Crippen molar-refractivity contribution in [3.8, 4) is 5.75 Å². The zero-order chi connectivity index (χ0) is 17.0. The third-order valence-corrected chi connectivity index (χ3v) is 3.98. The highest BCUT2D eigenvalue weighted by atomic mass is 16.5. The minimum atomic E-state index is -0.0650. The fraction of sp³-hybridized carbons (Fsp3) is 0.350. The second-order valence-corrected chi connectivity index (χ2v) is 6.25. The highest BCUT2D eigenvalue weighted by molar-refractivity contribution is 5.95. The van der Waals surface area contributed by atoms with E-state index in [2.05, 4.69) is 19.2 Å². The Morgan fingerprint density at radius 2 is 1.74 bits per heavy atom. The van der Waals surface area contributed by atoms with Crippen LogP contribution < -0.4 is 10.1 Å². The number of ether oxygens (including phenoxy) is 1. The minimum Gasteiger partial charge on any atom is -0.491 e.